The number of carbonyl (C=O) groups is 2. The highest BCUT2D eigenvalue weighted by molar-refractivity contribution is 5.99. The minimum absolute atomic E-state index is 0.159. The first kappa shape index (κ1) is 21.3. The van der Waals surface area contributed by atoms with E-state index >= 15 is 0 Å². The first-order valence-corrected chi connectivity index (χ1v) is 9.46. The lowest BCUT2D eigenvalue weighted by atomic mass is 10.1. The van der Waals surface area contributed by atoms with Gasteiger partial charge in [-0.3, -0.25) is 9.59 Å². The van der Waals surface area contributed by atoms with Crippen molar-refractivity contribution in [1.29, 1.82) is 0 Å². The van der Waals surface area contributed by atoms with Crippen LogP contribution in [0.15, 0.2) is 42.5 Å². The van der Waals surface area contributed by atoms with Crippen molar-refractivity contribution in [2.45, 2.75) is 26.2 Å². The predicted octanol–water partition coefficient (Wildman–Crippen LogP) is 3.21. The van der Waals surface area contributed by atoms with Gasteiger partial charge in [-0.15, -0.1) is 0 Å². The Balaban J connectivity index is 1.91. The summed E-state index contributed by atoms with van der Waals surface area (Å²) < 4.78 is 10.5. The van der Waals surface area contributed by atoms with E-state index in [-0.39, 0.29) is 11.8 Å². The number of carbonyl (C=O) groups excluding carboxylic acids is 2. The highest BCUT2D eigenvalue weighted by Gasteiger charge is 2.10. The Hall–Kier alpha value is -3.02. The van der Waals surface area contributed by atoms with E-state index in [1.54, 1.807) is 38.5 Å². The van der Waals surface area contributed by atoms with Crippen LogP contribution >= 0.6 is 0 Å². The fourth-order valence-electron chi connectivity index (χ4n) is 2.74. The maximum atomic E-state index is 12.4. The minimum Gasteiger partial charge on any atom is -0.493 e. The Morgan fingerprint density at radius 2 is 1.50 bits per heavy atom. The molecule has 6 heteroatoms. The van der Waals surface area contributed by atoms with Gasteiger partial charge in [0.05, 0.1) is 14.2 Å². The summed E-state index contributed by atoms with van der Waals surface area (Å²) in [5.74, 6) is 0.967. The zero-order valence-electron chi connectivity index (χ0n) is 16.7. The van der Waals surface area contributed by atoms with Crippen molar-refractivity contribution in [3.05, 3.63) is 59.2 Å². The number of benzene rings is 2. The van der Waals surface area contributed by atoms with Gasteiger partial charge in [-0.1, -0.05) is 25.5 Å². The number of ether oxygens (including phenoxy) is 2. The third-order valence-corrected chi connectivity index (χ3v) is 4.35. The summed E-state index contributed by atoms with van der Waals surface area (Å²) in [5.41, 5.74) is 1.99. The summed E-state index contributed by atoms with van der Waals surface area (Å²) in [7, 11) is 3.19. The van der Waals surface area contributed by atoms with Gasteiger partial charge in [0.25, 0.3) is 11.8 Å². The molecule has 2 aromatic carbocycles. The number of hydrogen-bond donors (Lipinski definition) is 2. The third-order valence-electron chi connectivity index (χ3n) is 4.35. The second-order valence-electron chi connectivity index (χ2n) is 6.39. The zero-order chi connectivity index (χ0) is 20.4. The lowest BCUT2D eigenvalue weighted by molar-refractivity contribution is 0.0952. The molecule has 0 aromatic heterocycles. The van der Waals surface area contributed by atoms with Crippen LogP contribution in [0.5, 0.6) is 11.5 Å². The fraction of sp³-hybridized carbons (Fsp3) is 0.364. The maximum absolute atomic E-state index is 12.4. The Bertz CT molecular complexity index is 805. The summed E-state index contributed by atoms with van der Waals surface area (Å²) >= 11 is 0. The molecule has 0 radical (unpaired) electrons. The standard InChI is InChI=1S/C22H28N2O4/c1-4-5-12-23-21(25)17-7-6-8-18(15-17)22(26)24-13-11-16-9-10-19(27-2)20(14-16)28-3/h6-10,14-15H,4-5,11-13H2,1-3H3,(H,23,25)(H,24,26). The molecule has 0 saturated carbocycles. The molecule has 0 unspecified atom stereocenters. The van der Waals surface area contributed by atoms with Crippen LogP contribution in [0.4, 0.5) is 0 Å². The molecule has 2 aromatic rings. The van der Waals surface area contributed by atoms with Crippen molar-refractivity contribution in [3.63, 3.8) is 0 Å². The van der Waals surface area contributed by atoms with Crippen LogP contribution in [-0.2, 0) is 6.42 Å². The van der Waals surface area contributed by atoms with Crippen LogP contribution in [0.1, 0.15) is 46.0 Å². The smallest absolute Gasteiger partial charge is 0.251 e. The molecule has 0 aliphatic rings. The number of nitrogens with one attached hydrogen (secondary N) is 2. The van der Waals surface area contributed by atoms with Crippen LogP contribution in [-0.4, -0.2) is 39.1 Å². The van der Waals surface area contributed by atoms with Gasteiger partial charge < -0.3 is 20.1 Å². The van der Waals surface area contributed by atoms with Crippen molar-refractivity contribution < 1.29 is 19.1 Å². The van der Waals surface area contributed by atoms with E-state index in [2.05, 4.69) is 17.6 Å². The van der Waals surface area contributed by atoms with Crippen molar-refractivity contribution >= 4 is 11.8 Å². The molecular weight excluding hydrogens is 356 g/mol. The molecule has 28 heavy (non-hydrogen) atoms. The number of amides is 2. The van der Waals surface area contributed by atoms with E-state index in [1.165, 1.54) is 0 Å². The van der Waals surface area contributed by atoms with E-state index in [4.69, 9.17) is 9.47 Å². The van der Waals surface area contributed by atoms with Gasteiger partial charge >= 0.3 is 0 Å². The lowest BCUT2D eigenvalue weighted by Gasteiger charge is -2.10. The highest BCUT2D eigenvalue weighted by atomic mass is 16.5. The quantitative estimate of drug-likeness (QED) is 0.617. The fourth-order valence-corrected chi connectivity index (χ4v) is 2.74. The molecule has 0 atom stereocenters. The molecule has 2 N–H and O–H groups in total. The normalized spacial score (nSPS) is 10.2. The Morgan fingerprint density at radius 1 is 0.857 bits per heavy atom. The average molecular weight is 384 g/mol. The summed E-state index contributed by atoms with van der Waals surface area (Å²) in [4.78, 5) is 24.5. The second-order valence-corrected chi connectivity index (χ2v) is 6.39. The molecule has 150 valence electrons. The average Bonchev–Trinajstić information content (AvgIpc) is 2.73. The summed E-state index contributed by atoms with van der Waals surface area (Å²) in [6.07, 6.45) is 2.61. The molecule has 0 aliphatic carbocycles. The van der Waals surface area contributed by atoms with Gasteiger partial charge in [0.1, 0.15) is 0 Å². The molecule has 0 bridgehead atoms. The van der Waals surface area contributed by atoms with Crippen LogP contribution in [0.3, 0.4) is 0 Å². The SMILES string of the molecule is CCCCNC(=O)c1cccc(C(=O)NCCc2ccc(OC)c(OC)c2)c1. The van der Waals surface area contributed by atoms with Crippen LogP contribution in [0.25, 0.3) is 0 Å². The molecule has 0 heterocycles. The molecule has 2 amide bonds. The van der Waals surface area contributed by atoms with Gasteiger partial charge in [-0.05, 0) is 48.7 Å². The minimum atomic E-state index is -0.205. The van der Waals surface area contributed by atoms with Crippen molar-refractivity contribution in [3.8, 4) is 11.5 Å². The first-order chi connectivity index (χ1) is 13.6. The monoisotopic (exact) mass is 384 g/mol. The zero-order valence-corrected chi connectivity index (χ0v) is 16.7. The van der Waals surface area contributed by atoms with Gasteiger partial charge in [-0.2, -0.15) is 0 Å². The van der Waals surface area contributed by atoms with Crippen LogP contribution in [0.2, 0.25) is 0 Å². The molecule has 0 fully saturated rings. The summed E-state index contributed by atoms with van der Waals surface area (Å²) in [5, 5.41) is 5.75. The van der Waals surface area contributed by atoms with Gasteiger partial charge in [-0.25, -0.2) is 0 Å². The maximum Gasteiger partial charge on any atom is 0.251 e. The highest BCUT2D eigenvalue weighted by Crippen LogP contribution is 2.27. The molecular formula is C22H28N2O4. The predicted molar refractivity (Wildman–Crippen MR) is 109 cm³/mol. The van der Waals surface area contributed by atoms with Crippen molar-refractivity contribution in [1.82, 2.24) is 10.6 Å². The lowest BCUT2D eigenvalue weighted by Crippen LogP contribution is -2.27. The van der Waals surface area contributed by atoms with Gasteiger partial charge in [0, 0.05) is 24.2 Å². The van der Waals surface area contributed by atoms with E-state index in [1.807, 2.05) is 18.2 Å². The number of unbranched alkanes of at least 4 members (excludes halogenated alkanes) is 1. The third kappa shape index (κ3) is 6.01. The van der Waals surface area contributed by atoms with E-state index in [9.17, 15) is 9.59 Å². The van der Waals surface area contributed by atoms with Gasteiger partial charge in [0.2, 0.25) is 0 Å². The first-order valence-electron chi connectivity index (χ1n) is 9.46. The van der Waals surface area contributed by atoms with Gasteiger partial charge in [0.15, 0.2) is 11.5 Å². The largest absolute Gasteiger partial charge is 0.493 e. The van der Waals surface area contributed by atoms with E-state index in [0.29, 0.717) is 42.1 Å². The summed E-state index contributed by atoms with van der Waals surface area (Å²) in [6, 6.07) is 12.4. The molecule has 2 rings (SSSR count). The number of rotatable bonds is 10. The van der Waals surface area contributed by atoms with E-state index in [0.717, 1.165) is 18.4 Å². The molecule has 0 spiro atoms. The topological polar surface area (TPSA) is 76.7 Å². The Labute approximate surface area is 166 Å². The van der Waals surface area contributed by atoms with Crippen molar-refractivity contribution in [2.75, 3.05) is 27.3 Å². The molecule has 6 nitrogen and oxygen atoms in total. The van der Waals surface area contributed by atoms with E-state index < -0.39 is 0 Å². The Kier molecular flexibility index (Phi) is 8.34. The van der Waals surface area contributed by atoms with Crippen LogP contribution < -0.4 is 20.1 Å². The molecule has 0 aliphatic heterocycles. The van der Waals surface area contributed by atoms with Crippen molar-refractivity contribution in [2.24, 2.45) is 0 Å². The summed E-state index contributed by atoms with van der Waals surface area (Å²) in [6.45, 7) is 3.18. The number of hydrogen-bond acceptors (Lipinski definition) is 4. The second kappa shape index (κ2) is 11.0. The van der Waals surface area contributed by atoms with Crippen LogP contribution in [0, 0.1) is 0 Å². The Morgan fingerprint density at radius 3 is 2.11 bits per heavy atom. The number of methoxy groups -OCH3 is 2. The molecule has 0 saturated heterocycles.